The minimum absolute atomic E-state index is 0.0202. The number of halogens is 1. The molecule has 1 unspecified atom stereocenters. The third kappa shape index (κ3) is 6.31. The fourth-order valence-electron chi connectivity index (χ4n) is 4.11. The minimum Gasteiger partial charge on any atom is -0.325 e. The molecule has 3 aromatic carbocycles. The van der Waals surface area contributed by atoms with E-state index in [1.165, 1.54) is 23.9 Å². The van der Waals surface area contributed by atoms with Crippen molar-refractivity contribution in [3.05, 3.63) is 94.9 Å². The Bertz CT molecular complexity index is 1460. The first-order valence-corrected chi connectivity index (χ1v) is 13.2. The summed E-state index contributed by atoms with van der Waals surface area (Å²) < 4.78 is 15.4. The highest BCUT2D eigenvalue weighted by atomic mass is 32.2. The molecule has 8 heteroatoms. The lowest BCUT2D eigenvalue weighted by atomic mass is 10.1. The van der Waals surface area contributed by atoms with Crippen molar-refractivity contribution in [2.45, 2.75) is 51.6 Å². The molecule has 1 aromatic heterocycles. The zero-order chi connectivity index (χ0) is 27.4. The van der Waals surface area contributed by atoms with Crippen LogP contribution in [-0.2, 0) is 16.1 Å². The summed E-state index contributed by atoms with van der Waals surface area (Å²) in [6, 6.07) is 17.8. The van der Waals surface area contributed by atoms with Crippen molar-refractivity contribution in [3.8, 4) is 11.3 Å². The standard InChI is InChI=1S/C30H31FN4O2S/c1-18-9-10-19(2)25(15-18)33-27(36)17-35-26(23-11-13-24(31)14-12-23)16-32-30(35)38-22(5)29(37)34-28-20(3)7-6-8-21(28)4/h6-16,22H,17H2,1-5H3,(H,33,36)(H,34,37). The Morgan fingerprint density at radius 3 is 2.32 bits per heavy atom. The van der Waals surface area contributed by atoms with Gasteiger partial charge in [0.05, 0.1) is 17.1 Å². The second-order valence-electron chi connectivity index (χ2n) is 9.40. The highest BCUT2D eigenvalue weighted by molar-refractivity contribution is 8.00. The van der Waals surface area contributed by atoms with Gasteiger partial charge in [-0.25, -0.2) is 9.37 Å². The molecule has 0 spiro atoms. The lowest BCUT2D eigenvalue weighted by Crippen LogP contribution is -2.25. The molecular weight excluding hydrogens is 499 g/mol. The van der Waals surface area contributed by atoms with Gasteiger partial charge in [-0.15, -0.1) is 0 Å². The molecule has 6 nitrogen and oxygen atoms in total. The van der Waals surface area contributed by atoms with Gasteiger partial charge in [-0.05, 0) is 92.8 Å². The molecule has 1 atom stereocenters. The van der Waals surface area contributed by atoms with E-state index in [2.05, 4.69) is 15.6 Å². The summed E-state index contributed by atoms with van der Waals surface area (Å²) in [7, 11) is 0. The predicted molar refractivity (Wildman–Crippen MR) is 152 cm³/mol. The topological polar surface area (TPSA) is 76.0 Å². The second kappa shape index (κ2) is 11.6. The van der Waals surface area contributed by atoms with Crippen LogP contribution in [0.25, 0.3) is 11.3 Å². The van der Waals surface area contributed by atoms with Gasteiger partial charge in [0.15, 0.2) is 5.16 Å². The fraction of sp³-hybridized carbons (Fsp3) is 0.233. The third-order valence-corrected chi connectivity index (χ3v) is 7.41. The largest absolute Gasteiger partial charge is 0.325 e. The molecule has 0 fully saturated rings. The van der Waals surface area contributed by atoms with Gasteiger partial charge in [0.1, 0.15) is 12.4 Å². The summed E-state index contributed by atoms with van der Waals surface area (Å²) in [4.78, 5) is 30.8. The molecule has 0 saturated heterocycles. The molecule has 2 N–H and O–H groups in total. The second-order valence-corrected chi connectivity index (χ2v) is 10.7. The maximum atomic E-state index is 13.6. The molecule has 196 valence electrons. The number of hydrogen-bond acceptors (Lipinski definition) is 4. The number of hydrogen-bond donors (Lipinski definition) is 2. The monoisotopic (exact) mass is 530 g/mol. The number of para-hydroxylation sites is 1. The van der Waals surface area contributed by atoms with Crippen molar-refractivity contribution in [1.82, 2.24) is 9.55 Å². The normalized spacial score (nSPS) is 11.7. The maximum absolute atomic E-state index is 13.6. The van der Waals surface area contributed by atoms with Crippen LogP contribution in [0.3, 0.4) is 0 Å². The number of rotatable bonds is 8. The van der Waals surface area contributed by atoms with E-state index < -0.39 is 5.25 Å². The summed E-state index contributed by atoms with van der Waals surface area (Å²) in [5, 5.41) is 6.05. The van der Waals surface area contributed by atoms with Crippen LogP contribution in [-0.4, -0.2) is 26.6 Å². The Kier molecular flexibility index (Phi) is 8.32. The van der Waals surface area contributed by atoms with E-state index in [-0.39, 0.29) is 24.2 Å². The lowest BCUT2D eigenvalue weighted by molar-refractivity contribution is -0.117. The van der Waals surface area contributed by atoms with Crippen LogP contribution in [0.5, 0.6) is 0 Å². The van der Waals surface area contributed by atoms with Gasteiger partial charge in [0, 0.05) is 11.4 Å². The molecule has 2 amide bonds. The lowest BCUT2D eigenvalue weighted by Gasteiger charge is -2.17. The number of benzene rings is 3. The van der Waals surface area contributed by atoms with E-state index in [9.17, 15) is 14.0 Å². The summed E-state index contributed by atoms with van der Waals surface area (Å²) in [6.45, 7) is 9.60. The van der Waals surface area contributed by atoms with Gasteiger partial charge in [-0.3, -0.25) is 9.59 Å². The van der Waals surface area contributed by atoms with E-state index in [1.807, 2.05) is 64.1 Å². The van der Waals surface area contributed by atoms with Crippen LogP contribution in [0.1, 0.15) is 29.2 Å². The maximum Gasteiger partial charge on any atom is 0.244 e. The zero-order valence-corrected chi connectivity index (χ0v) is 22.9. The predicted octanol–water partition coefficient (Wildman–Crippen LogP) is 6.68. The van der Waals surface area contributed by atoms with Crippen molar-refractivity contribution in [1.29, 1.82) is 0 Å². The molecule has 4 rings (SSSR count). The number of anilines is 2. The minimum atomic E-state index is -0.488. The quantitative estimate of drug-likeness (QED) is 0.249. The van der Waals surface area contributed by atoms with Gasteiger partial charge in [-0.2, -0.15) is 0 Å². The fourth-order valence-corrected chi connectivity index (χ4v) is 4.99. The van der Waals surface area contributed by atoms with E-state index in [1.54, 1.807) is 29.8 Å². The average molecular weight is 531 g/mol. The first kappa shape index (κ1) is 27.1. The first-order valence-electron chi connectivity index (χ1n) is 12.3. The Morgan fingerprint density at radius 1 is 0.947 bits per heavy atom. The SMILES string of the molecule is Cc1ccc(C)c(NC(=O)Cn2c(-c3ccc(F)cc3)cnc2SC(C)C(=O)Nc2c(C)cccc2C)c1. The van der Waals surface area contributed by atoms with E-state index in [0.29, 0.717) is 10.9 Å². The number of carbonyl (C=O) groups is 2. The van der Waals surface area contributed by atoms with Crippen LogP contribution in [0.15, 0.2) is 72.0 Å². The van der Waals surface area contributed by atoms with Crippen molar-refractivity contribution in [2.24, 2.45) is 0 Å². The van der Waals surface area contributed by atoms with Gasteiger partial charge in [0.2, 0.25) is 11.8 Å². The smallest absolute Gasteiger partial charge is 0.244 e. The van der Waals surface area contributed by atoms with Gasteiger partial charge in [0.25, 0.3) is 0 Å². The third-order valence-electron chi connectivity index (χ3n) is 6.31. The van der Waals surface area contributed by atoms with Gasteiger partial charge in [-0.1, -0.05) is 42.1 Å². The number of aromatic nitrogens is 2. The molecule has 38 heavy (non-hydrogen) atoms. The summed E-state index contributed by atoms with van der Waals surface area (Å²) in [6.07, 6.45) is 1.65. The van der Waals surface area contributed by atoms with Crippen molar-refractivity contribution in [3.63, 3.8) is 0 Å². The number of nitrogens with zero attached hydrogens (tertiary/aromatic N) is 2. The van der Waals surface area contributed by atoms with Crippen molar-refractivity contribution < 1.29 is 14.0 Å². The van der Waals surface area contributed by atoms with Crippen molar-refractivity contribution in [2.75, 3.05) is 10.6 Å². The average Bonchev–Trinajstić information content (AvgIpc) is 3.25. The molecule has 1 heterocycles. The van der Waals surface area contributed by atoms with E-state index >= 15 is 0 Å². The van der Waals surface area contributed by atoms with Crippen molar-refractivity contribution >= 4 is 35.0 Å². The van der Waals surface area contributed by atoms with E-state index in [4.69, 9.17) is 0 Å². The number of thioether (sulfide) groups is 1. The number of amides is 2. The van der Waals surface area contributed by atoms with Crippen LogP contribution < -0.4 is 10.6 Å². The van der Waals surface area contributed by atoms with E-state index in [0.717, 1.165) is 39.2 Å². The Morgan fingerprint density at radius 2 is 1.63 bits per heavy atom. The van der Waals surface area contributed by atoms with Crippen LogP contribution in [0.4, 0.5) is 15.8 Å². The molecule has 4 aromatic rings. The Labute approximate surface area is 226 Å². The molecule has 0 saturated carbocycles. The zero-order valence-electron chi connectivity index (χ0n) is 22.1. The number of aryl methyl sites for hydroxylation is 4. The highest BCUT2D eigenvalue weighted by Crippen LogP contribution is 2.30. The number of nitrogens with one attached hydrogen (secondary N) is 2. The molecule has 0 aliphatic rings. The number of carbonyl (C=O) groups excluding carboxylic acids is 2. The molecule has 0 aliphatic heterocycles. The molecular formula is C30H31FN4O2S. The van der Waals surface area contributed by atoms with Crippen LogP contribution in [0, 0.1) is 33.5 Å². The first-order chi connectivity index (χ1) is 18.1. The van der Waals surface area contributed by atoms with Gasteiger partial charge < -0.3 is 15.2 Å². The molecule has 0 radical (unpaired) electrons. The molecule has 0 bridgehead atoms. The Balaban J connectivity index is 1.59. The van der Waals surface area contributed by atoms with Gasteiger partial charge >= 0.3 is 0 Å². The Hall–Kier alpha value is -3.91. The van der Waals surface area contributed by atoms with Crippen LogP contribution in [0.2, 0.25) is 0 Å². The highest BCUT2D eigenvalue weighted by Gasteiger charge is 2.22. The summed E-state index contributed by atoms with van der Waals surface area (Å²) in [5.74, 6) is -0.737. The number of imidazole rings is 1. The van der Waals surface area contributed by atoms with Crippen LogP contribution >= 0.6 is 11.8 Å². The summed E-state index contributed by atoms with van der Waals surface area (Å²) >= 11 is 1.27. The summed E-state index contributed by atoms with van der Waals surface area (Å²) in [5.41, 5.74) is 6.89. The molecule has 0 aliphatic carbocycles.